The van der Waals surface area contributed by atoms with Crippen LogP contribution in [-0.4, -0.2) is 37.8 Å². The maximum atomic E-state index is 10.8. The van der Waals surface area contributed by atoms with Gasteiger partial charge in [0.1, 0.15) is 11.4 Å². The van der Waals surface area contributed by atoms with Crippen molar-refractivity contribution in [3.8, 4) is 5.75 Å². The minimum atomic E-state index is -0.905. The summed E-state index contributed by atoms with van der Waals surface area (Å²) in [6.07, 6.45) is 0. The summed E-state index contributed by atoms with van der Waals surface area (Å²) >= 11 is 0. The number of methoxy groups -OCH3 is 1. The van der Waals surface area contributed by atoms with Crippen molar-refractivity contribution in [3.63, 3.8) is 0 Å². The van der Waals surface area contributed by atoms with Crippen molar-refractivity contribution in [2.45, 2.75) is 19.4 Å². The molecular formula is C15H21NO2. The van der Waals surface area contributed by atoms with Gasteiger partial charge in [-0.1, -0.05) is 6.07 Å². The van der Waals surface area contributed by atoms with Gasteiger partial charge in [0.05, 0.1) is 7.11 Å². The van der Waals surface area contributed by atoms with Crippen LogP contribution in [0.25, 0.3) is 5.57 Å². The van der Waals surface area contributed by atoms with E-state index in [-0.39, 0.29) is 0 Å². The van der Waals surface area contributed by atoms with Gasteiger partial charge in [-0.3, -0.25) is 0 Å². The molecule has 1 aliphatic carbocycles. The van der Waals surface area contributed by atoms with E-state index in [1.165, 1.54) is 5.57 Å². The zero-order valence-corrected chi connectivity index (χ0v) is 11.7. The second-order valence-electron chi connectivity index (χ2n) is 5.33. The van der Waals surface area contributed by atoms with E-state index in [4.69, 9.17) is 4.74 Å². The highest BCUT2D eigenvalue weighted by Crippen LogP contribution is 2.45. The largest absolute Gasteiger partial charge is 0.497 e. The van der Waals surface area contributed by atoms with E-state index in [0.29, 0.717) is 0 Å². The average Bonchev–Trinajstić information content (AvgIpc) is 2.50. The highest BCUT2D eigenvalue weighted by Gasteiger charge is 2.38. The van der Waals surface area contributed by atoms with Crippen LogP contribution in [0.4, 0.5) is 0 Å². The number of ether oxygens (including phenoxy) is 1. The van der Waals surface area contributed by atoms with Gasteiger partial charge in [-0.2, -0.15) is 0 Å². The van der Waals surface area contributed by atoms with Gasteiger partial charge < -0.3 is 14.7 Å². The van der Waals surface area contributed by atoms with Gasteiger partial charge in [0.15, 0.2) is 0 Å². The zero-order valence-electron chi connectivity index (χ0n) is 11.7. The molecule has 0 saturated heterocycles. The first-order chi connectivity index (χ1) is 8.37. The van der Waals surface area contributed by atoms with Gasteiger partial charge in [0.25, 0.3) is 0 Å². The third kappa shape index (κ3) is 1.93. The molecule has 0 amide bonds. The molecule has 1 aromatic carbocycles. The van der Waals surface area contributed by atoms with Crippen molar-refractivity contribution >= 4 is 5.57 Å². The normalized spacial score (nSPS) is 22.6. The monoisotopic (exact) mass is 247 g/mol. The number of benzene rings is 1. The van der Waals surface area contributed by atoms with Gasteiger partial charge in [-0.05, 0) is 62.3 Å². The van der Waals surface area contributed by atoms with Crippen molar-refractivity contribution in [2.24, 2.45) is 0 Å². The molecule has 3 heteroatoms. The van der Waals surface area contributed by atoms with E-state index < -0.39 is 5.60 Å². The minimum Gasteiger partial charge on any atom is -0.497 e. The predicted octanol–water partition coefficient (Wildman–Crippen LogP) is 2.25. The van der Waals surface area contributed by atoms with E-state index >= 15 is 0 Å². The average molecular weight is 247 g/mol. The van der Waals surface area contributed by atoms with Crippen LogP contribution in [0.2, 0.25) is 0 Å². The van der Waals surface area contributed by atoms with Crippen LogP contribution in [0, 0.1) is 0 Å². The smallest absolute Gasteiger partial charge is 0.119 e. The molecule has 0 saturated carbocycles. The number of likely N-dealkylation sites (N-methyl/N-ethyl adjacent to an activating group) is 1. The van der Waals surface area contributed by atoms with Crippen molar-refractivity contribution in [1.29, 1.82) is 0 Å². The minimum absolute atomic E-state index is 0.760. The summed E-state index contributed by atoms with van der Waals surface area (Å²) in [6, 6.07) is 5.90. The third-order valence-electron chi connectivity index (χ3n) is 3.67. The number of rotatable bonds is 3. The Kier molecular flexibility index (Phi) is 3.21. The first-order valence-electron chi connectivity index (χ1n) is 6.14. The van der Waals surface area contributed by atoms with Crippen molar-refractivity contribution in [2.75, 3.05) is 27.7 Å². The quantitative estimate of drug-likeness (QED) is 0.889. The fourth-order valence-corrected chi connectivity index (χ4v) is 2.66. The van der Waals surface area contributed by atoms with Crippen LogP contribution in [0.5, 0.6) is 5.75 Å². The van der Waals surface area contributed by atoms with Crippen molar-refractivity contribution < 1.29 is 9.84 Å². The van der Waals surface area contributed by atoms with E-state index in [1.54, 1.807) is 7.11 Å². The Bertz CT molecular complexity index is 501. The SMILES string of the molecule is COc1ccc2c(c1)C(C)(O)C(CN(C)C)=C2C. The second-order valence-corrected chi connectivity index (χ2v) is 5.33. The Hall–Kier alpha value is -1.32. The number of fused-ring (bicyclic) bond motifs is 1. The predicted molar refractivity (Wildman–Crippen MR) is 73.7 cm³/mol. The molecule has 18 heavy (non-hydrogen) atoms. The maximum absolute atomic E-state index is 10.8. The highest BCUT2D eigenvalue weighted by atomic mass is 16.5. The first kappa shape index (κ1) is 13.1. The number of hydrogen-bond donors (Lipinski definition) is 1. The molecule has 0 bridgehead atoms. The molecule has 1 aromatic rings. The molecule has 1 unspecified atom stereocenters. The molecule has 98 valence electrons. The second kappa shape index (κ2) is 4.41. The Morgan fingerprint density at radius 2 is 2.00 bits per heavy atom. The fourth-order valence-electron chi connectivity index (χ4n) is 2.66. The lowest BCUT2D eigenvalue weighted by atomic mass is 9.92. The Morgan fingerprint density at radius 3 is 2.56 bits per heavy atom. The molecule has 1 N–H and O–H groups in total. The van der Waals surface area contributed by atoms with Gasteiger partial charge in [-0.25, -0.2) is 0 Å². The van der Waals surface area contributed by atoms with Gasteiger partial charge in [-0.15, -0.1) is 0 Å². The lowest BCUT2D eigenvalue weighted by Crippen LogP contribution is -2.28. The maximum Gasteiger partial charge on any atom is 0.119 e. The van der Waals surface area contributed by atoms with E-state index in [2.05, 4.69) is 11.8 Å². The van der Waals surface area contributed by atoms with Crippen LogP contribution in [0.3, 0.4) is 0 Å². The van der Waals surface area contributed by atoms with E-state index in [0.717, 1.165) is 29.0 Å². The first-order valence-corrected chi connectivity index (χ1v) is 6.14. The molecule has 1 aliphatic rings. The van der Waals surface area contributed by atoms with Crippen LogP contribution in [-0.2, 0) is 5.60 Å². The van der Waals surface area contributed by atoms with Gasteiger partial charge in [0, 0.05) is 6.54 Å². The summed E-state index contributed by atoms with van der Waals surface area (Å²) in [6.45, 7) is 4.70. The van der Waals surface area contributed by atoms with E-state index in [1.807, 2.05) is 39.2 Å². The zero-order chi connectivity index (χ0) is 13.5. The van der Waals surface area contributed by atoms with Crippen molar-refractivity contribution in [1.82, 2.24) is 4.90 Å². The molecule has 3 nitrogen and oxygen atoms in total. The van der Waals surface area contributed by atoms with E-state index in [9.17, 15) is 5.11 Å². The third-order valence-corrected chi connectivity index (χ3v) is 3.67. The lowest BCUT2D eigenvalue weighted by molar-refractivity contribution is 0.0941. The summed E-state index contributed by atoms with van der Waals surface area (Å²) in [4.78, 5) is 2.08. The molecule has 0 aliphatic heterocycles. The topological polar surface area (TPSA) is 32.7 Å². The van der Waals surface area contributed by atoms with Crippen LogP contribution in [0.1, 0.15) is 25.0 Å². The molecular weight excluding hydrogens is 226 g/mol. The Balaban J connectivity index is 2.52. The molecule has 1 atom stereocenters. The standard InChI is InChI=1S/C15H21NO2/c1-10-12-7-6-11(18-5)8-13(12)15(2,17)14(10)9-16(3)4/h6-8,17H,9H2,1-5H3. The molecule has 0 fully saturated rings. The summed E-state index contributed by atoms with van der Waals surface area (Å²) in [5.74, 6) is 0.785. The number of hydrogen-bond acceptors (Lipinski definition) is 3. The van der Waals surface area contributed by atoms with Crippen LogP contribution in [0.15, 0.2) is 23.8 Å². The summed E-state index contributed by atoms with van der Waals surface area (Å²) < 4.78 is 5.24. The van der Waals surface area contributed by atoms with Gasteiger partial charge in [0.2, 0.25) is 0 Å². The summed E-state index contributed by atoms with van der Waals surface area (Å²) in [5, 5.41) is 10.8. The molecule has 0 radical (unpaired) electrons. The number of nitrogens with zero attached hydrogens (tertiary/aromatic N) is 1. The van der Waals surface area contributed by atoms with Gasteiger partial charge >= 0.3 is 0 Å². The molecule has 2 rings (SSSR count). The fraction of sp³-hybridized carbons (Fsp3) is 0.467. The Labute approximate surface area is 109 Å². The van der Waals surface area contributed by atoms with Crippen LogP contribution >= 0.6 is 0 Å². The number of allylic oxidation sites excluding steroid dienone is 1. The van der Waals surface area contributed by atoms with Crippen molar-refractivity contribution in [3.05, 3.63) is 34.9 Å². The lowest BCUT2D eigenvalue weighted by Gasteiger charge is -2.25. The Morgan fingerprint density at radius 1 is 1.33 bits per heavy atom. The summed E-state index contributed by atoms with van der Waals surface area (Å²) in [7, 11) is 5.67. The highest BCUT2D eigenvalue weighted by molar-refractivity contribution is 5.79. The molecule has 0 heterocycles. The van der Waals surface area contributed by atoms with Crippen LogP contribution < -0.4 is 4.74 Å². The molecule has 0 aromatic heterocycles. The summed E-state index contributed by atoms with van der Waals surface area (Å²) in [5.41, 5.74) is 3.40. The number of aliphatic hydroxyl groups is 1. The molecule has 0 spiro atoms.